The van der Waals surface area contributed by atoms with E-state index in [1.54, 1.807) is 0 Å². The third-order valence-electron chi connectivity index (χ3n) is 2.14. The highest BCUT2D eigenvalue weighted by Gasteiger charge is 2.04. The lowest BCUT2D eigenvalue weighted by Gasteiger charge is -2.16. The highest BCUT2D eigenvalue weighted by molar-refractivity contribution is 5.69. The average Bonchev–Trinajstić information content (AvgIpc) is 2.15. The van der Waals surface area contributed by atoms with E-state index in [2.05, 4.69) is 31.2 Å². The minimum atomic E-state index is -0.121. The van der Waals surface area contributed by atoms with Gasteiger partial charge in [0.2, 0.25) is 0 Å². The molecule has 0 rings (SSSR count). The Labute approximate surface area is 93.0 Å². The maximum Gasteiger partial charge on any atom is 0.307 e. The number of carbonyl (C=O) groups is 1. The van der Waals surface area contributed by atoms with Crippen molar-refractivity contribution in [3.63, 3.8) is 0 Å². The maximum absolute atomic E-state index is 11.0. The summed E-state index contributed by atoms with van der Waals surface area (Å²) in [7, 11) is 4.12. The summed E-state index contributed by atoms with van der Waals surface area (Å²) in [6.07, 6.45) is 1.55. The van der Waals surface area contributed by atoms with E-state index in [0.717, 1.165) is 13.0 Å². The Kier molecular flexibility index (Phi) is 8.33. The normalized spacial score (nSPS) is 12.9. The van der Waals surface area contributed by atoms with Gasteiger partial charge in [0.25, 0.3) is 0 Å². The number of carbonyl (C=O) groups excluding carboxylic acids is 1. The minimum Gasteiger partial charge on any atom is -0.466 e. The molecule has 0 saturated carbocycles. The number of esters is 1. The van der Waals surface area contributed by atoms with Crippen molar-refractivity contribution in [1.82, 2.24) is 10.2 Å². The van der Waals surface area contributed by atoms with Gasteiger partial charge in [0.1, 0.15) is 0 Å². The van der Waals surface area contributed by atoms with Crippen LogP contribution in [0.2, 0.25) is 0 Å². The van der Waals surface area contributed by atoms with Gasteiger partial charge in [0.15, 0.2) is 0 Å². The van der Waals surface area contributed by atoms with E-state index in [0.29, 0.717) is 25.6 Å². The van der Waals surface area contributed by atoms with E-state index in [9.17, 15) is 4.79 Å². The Balaban J connectivity index is 3.38. The Morgan fingerprint density at radius 2 is 2.13 bits per heavy atom. The van der Waals surface area contributed by atoms with E-state index in [-0.39, 0.29) is 5.97 Å². The third kappa shape index (κ3) is 9.69. The van der Waals surface area contributed by atoms with Crippen molar-refractivity contribution in [1.29, 1.82) is 0 Å². The molecule has 0 aromatic carbocycles. The van der Waals surface area contributed by atoms with Gasteiger partial charge in [-0.25, -0.2) is 0 Å². The van der Waals surface area contributed by atoms with Crippen molar-refractivity contribution in [3.05, 3.63) is 0 Å². The summed E-state index contributed by atoms with van der Waals surface area (Å²) in [5.41, 5.74) is 0. The molecule has 0 radical (unpaired) electrons. The topological polar surface area (TPSA) is 41.6 Å². The number of rotatable bonds is 8. The van der Waals surface area contributed by atoms with Crippen LogP contribution in [0.5, 0.6) is 0 Å². The standard InChI is InChI=1S/C11H24N2O2/c1-5-15-11(14)6-8-12-10(2)7-9-13(3)4/h10,12H,5-9H2,1-4H3. The molecule has 0 aromatic heterocycles. The molecule has 0 amide bonds. The quantitative estimate of drug-likeness (QED) is 0.611. The maximum atomic E-state index is 11.0. The SMILES string of the molecule is CCOC(=O)CCNC(C)CCN(C)C. The first kappa shape index (κ1) is 14.4. The van der Waals surface area contributed by atoms with Crippen LogP contribution in [-0.4, -0.2) is 50.7 Å². The van der Waals surface area contributed by atoms with Gasteiger partial charge in [0.05, 0.1) is 13.0 Å². The van der Waals surface area contributed by atoms with Crippen molar-refractivity contribution >= 4 is 5.97 Å². The summed E-state index contributed by atoms with van der Waals surface area (Å²) in [4.78, 5) is 13.2. The van der Waals surface area contributed by atoms with E-state index in [1.807, 2.05) is 6.92 Å². The smallest absolute Gasteiger partial charge is 0.307 e. The molecular formula is C11H24N2O2. The van der Waals surface area contributed by atoms with Gasteiger partial charge in [-0.15, -0.1) is 0 Å². The molecule has 0 aliphatic rings. The lowest BCUT2D eigenvalue weighted by Crippen LogP contribution is -2.31. The van der Waals surface area contributed by atoms with Crippen LogP contribution < -0.4 is 5.32 Å². The summed E-state index contributed by atoms with van der Waals surface area (Å²) in [5.74, 6) is -0.121. The zero-order valence-corrected chi connectivity index (χ0v) is 10.4. The second-order valence-corrected chi connectivity index (χ2v) is 4.00. The first-order valence-electron chi connectivity index (χ1n) is 5.60. The van der Waals surface area contributed by atoms with Gasteiger partial charge in [-0.1, -0.05) is 0 Å². The number of nitrogens with one attached hydrogen (secondary N) is 1. The first-order chi connectivity index (χ1) is 7.06. The number of ether oxygens (including phenoxy) is 1. The van der Waals surface area contributed by atoms with Crippen LogP contribution in [0.25, 0.3) is 0 Å². The summed E-state index contributed by atoms with van der Waals surface area (Å²) in [5, 5.41) is 3.30. The third-order valence-corrected chi connectivity index (χ3v) is 2.14. The molecule has 0 aliphatic carbocycles. The Bertz CT molecular complexity index is 172. The van der Waals surface area contributed by atoms with E-state index in [1.165, 1.54) is 0 Å². The lowest BCUT2D eigenvalue weighted by molar-refractivity contribution is -0.142. The van der Waals surface area contributed by atoms with Gasteiger partial charge < -0.3 is 15.0 Å². The summed E-state index contributed by atoms with van der Waals surface area (Å²) in [6.45, 7) is 6.19. The Morgan fingerprint density at radius 3 is 2.67 bits per heavy atom. The van der Waals surface area contributed by atoms with Gasteiger partial charge in [-0.2, -0.15) is 0 Å². The van der Waals surface area contributed by atoms with Crippen LogP contribution in [0.4, 0.5) is 0 Å². The minimum absolute atomic E-state index is 0.121. The fourth-order valence-corrected chi connectivity index (χ4v) is 1.21. The van der Waals surface area contributed by atoms with Crippen LogP contribution in [0.3, 0.4) is 0 Å². The molecule has 15 heavy (non-hydrogen) atoms. The second-order valence-electron chi connectivity index (χ2n) is 4.00. The lowest BCUT2D eigenvalue weighted by atomic mass is 10.2. The fraction of sp³-hybridized carbons (Fsp3) is 0.909. The van der Waals surface area contributed by atoms with Crippen LogP contribution in [-0.2, 0) is 9.53 Å². The van der Waals surface area contributed by atoms with Crippen molar-refractivity contribution in [3.8, 4) is 0 Å². The van der Waals surface area contributed by atoms with E-state index >= 15 is 0 Å². The molecular weight excluding hydrogens is 192 g/mol. The van der Waals surface area contributed by atoms with E-state index < -0.39 is 0 Å². The highest BCUT2D eigenvalue weighted by atomic mass is 16.5. The van der Waals surface area contributed by atoms with Crippen LogP contribution >= 0.6 is 0 Å². The van der Waals surface area contributed by atoms with Gasteiger partial charge in [-0.3, -0.25) is 4.79 Å². The van der Waals surface area contributed by atoms with Crippen LogP contribution in [0.15, 0.2) is 0 Å². The predicted octanol–water partition coefficient (Wildman–Crippen LogP) is 0.869. The largest absolute Gasteiger partial charge is 0.466 e. The molecule has 0 bridgehead atoms. The Morgan fingerprint density at radius 1 is 1.47 bits per heavy atom. The summed E-state index contributed by atoms with van der Waals surface area (Å²) >= 11 is 0. The molecule has 0 heterocycles. The number of hydrogen-bond donors (Lipinski definition) is 1. The van der Waals surface area contributed by atoms with Crippen LogP contribution in [0.1, 0.15) is 26.7 Å². The molecule has 0 fully saturated rings. The highest BCUT2D eigenvalue weighted by Crippen LogP contribution is 1.93. The van der Waals surface area contributed by atoms with Crippen molar-refractivity contribution in [2.24, 2.45) is 0 Å². The molecule has 0 aliphatic heterocycles. The molecule has 0 aromatic rings. The monoisotopic (exact) mass is 216 g/mol. The molecule has 1 N–H and O–H groups in total. The van der Waals surface area contributed by atoms with Gasteiger partial charge in [0, 0.05) is 12.6 Å². The van der Waals surface area contributed by atoms with Crippen molar-refractivity contribution in [2.45, 2.75) is 32.7 Å². The number of nitrogens with zero attached hydrogens (tertiary/aromatic N) is 1. The average molecular weight is 216 g/mol. The second kappa shape index (κ2) is 8.68. The fourth-order valence-electron chi connectivity index (χ4n) is 1.21. The van der Waals surface area contributed by atoms with Crippen molar-refractivity contribution in [2.75, 3.05) is 33.8 Å². The summed E-state index contributed by atoms with van der Waals surface area (Å²) in [6, 6.07) is 0.446. The van der Waals surface area contributed by atoms with Crippen molar-refractivity contribution < 1.29 is 9.53 Å². The van der Waals surface area contributed by atoms with Gasteiger partial charge in [-0.05, 0) is 40.9 Å². The zero-order chi connectivity index (χ0) is 11.7. The molecule has 1 unspecified atom stereocenters. The molecule has 0 spiro atoms. The van der Waals surface area contributed by atoms with Gasteiger partial charge >= 0.3 is 5.97 Å². The molecule has 1 atom stereocenters. The zero-order valence-electron chi connectivity index (χ0n) is 10.4. The van der Waals surface area contributed by atoms with Crippen LogP contribution in [0, 0.1) is 0 Å². The molecule has 0 saturated heterocycles. The predicted molar refractivity (Wildman–Crippen MR) is 61.9 cm³/mol. The molecule has 90 valence electrons. The molecule has 4 heteroatoms. The molecule has 4 nitrogen and oxygen atoms in total. The first-order valence-corrected chi connectivity index (χ1v) is 5.60. The summed E-state index contributed by atoms with van der Waals surface area (Å²) < 4.78 is 4.83. The Hall–Kier alpha value is -0.610. The number of hydrogen-bond acceptors (Lipinski definition) is 4. The van der Waals surface area contributed by atoms with E-state index in [4.69, 9.17) is 4.74 Å².